The highest BCUT2D eigenvalue weighted by Gasteiger charge is 2.21. The van der Waals surface area contributed by atoms with Crippen LogP contribution in [-0.2, 0) is 6.54 Å². The van der Waals surface area contributed by atoms with Gasteiger partial charge in [0.2, 0.25) is 0 Å². The maximum absolute atomic E-state index is 13.1. The van der Waals surface area contributed by atoms with E-state index < -0.39 is 0 Å². The molecule has 1 fully saturated rings. The van der Waals surface area contributed by atoms with Gasteiger partial charge >= 0.3 is 0 Å². The molecule has 4 heteroatoms. The van der Waals surface area contributed by atoms with Crippen molar-refractivity contribution < 1.29 is 4.39 Å². The Labute approximate surface area is 112 Å². The Kier molecular flexibility index (Phi) is 3.11. The topological polar surface area (TPSA) is 29.9 Å². The van der Waals surface area contributed by atoms with Gasteiger partial charge in [-0.3, -0.25) is 0 Å². The monoisotopic (exact) mass is 259 g/mol. The molecule has 0 amide bonds. The molecule has 1 aromatic heterocycles. The molecule has 1 aliphatic carbocycles. The third-order valence-corrected chi connectivity index (χ3v) is 3.66. The zero-order valence-corrected chi connectivity index (χ0v) is 11.3. The standard InChI is InChI=1S/C15H18FN3/c1-10-7-13(16)3-6-15(10)19-11(2)12(9-18-19)8-17-14-4-5-14/h3,6-7,9,14,17H,4-5,8H2,1-2H3. The van der Waals surface area contributed by atoms with Gasteiger partial charge in [0.15, 0.2) is 0 Å². The van der Waals surface area contributed by atoms with E-state index >= 15 is 0 Å². The molecule has 1 aromatic carbocycles. The van der Waals surface area contributed by atoms with Crippen LogP contribution in [0.15, 0.2) is 24.4 Å². The first kappa shape index (κ1) is 12.4. The molecule has 2 aromatic rings. The minimum absolute atomic E-state index is 0.207. The average Bonchev–Trinajstić information content (AvgIpc) is 3.13. The first-order chi connectivity index (χ1) is 9.15. The molecule has 3 nitrogen and oxygen atoms in total. The molecule has 1 heterocycles. The number of aryl methyl sites for hydroxylation is 1. The van der Waals surface area contributed by atoms with Gasteiger partial charge < -0.3 is 5.32 Å². The van der Waals surface area contributed by atoms with Crippen molar-refractivity contribution in [2.75, 3.05) is 0 Å². The second-order valence-corrected chi connectivity index (χ2v) is 5.25. The van der Waals surface area contributed by atoms with Crippen molar-refractivity contribution in [2.45, 2.75) is 39.3 Å². The number of rotatable bonds is 4. The van der Waals surface area contributed by atoms with E-state index in [1.165, 1.54) is 24.5 Å². The van der Waals surface area contributed by atoms with Crippen LogP contribution in [-0.4, -0.2) is 15.8 Å². The second kappa shape index (κ2) is 4.78. The smallest absolute Gasteiger partial charge is 0.123 e. The summed E-state index contributed by atoms with van der Waals surface area (Å²) in [6, 6.07) is 5.49. The highest BCUT2D eigenvalue weighted by atomic mass is 19.1. The van der Waals surface area contributed by atoms with E-state index in [0.29, 0.717) is 6.04 Å². The third-order valence-electron chi connectivity index (χ3n) is 3.66. The lowest BCUT2D eigenvalue weighted by Crippen LogP contribution is -2.15. The highest BCUT2D eigenvalue weighted by molar-refractivity contribution is 5.42. The predicted octanol–water partition coefficient (Wildman–Crippen LogP) is 2.88. The molecule has 1 N–H and O–H groups in total. The van der Waals surface area contributed by atoms with Gasteiger partial charge in [0.05, 0.1) is 11.9 Å². The van der Waals surface area contributed by atoms with Gasteiger partial charge in [0.1, 0.15) is 5.82 Å². The number of hydrogen-bond donors (Lipinski definition) is 1. The first-order valence-corrected chi connectivity index (χ1v) is 6.68. The molecule has 1 saturated carbocycles. The molecule has 0 atom stereocenters. The van der Waals surface area contributed by atoms with E-state index in [0.717, 1.165) is 23.5 Å². The Morgan fingerprint density at radius 1 is 1.37 bits per heavy atom. The van der Waals surface area contributed by atoms with Crippen molar-refractivity contribution in [1.29, 1.82) is 0 Å². The van der Waals surface area contributed by atoms with Crippen LogP contribution in [0.5, 0.6) is 0 Å². The summed E-state index contributed by atoms with van der Waals surface area (Å²) in [7, 11) is 0. The molecule has 3 rings (SSSR count). The fourth-order valence-corrected chi connectivity index (χ4v) is 2.26. The fourth-order valence-electron chi connectivity index (χ4n) is 2.26. The Bertz CT molecular complexity index is 599. The summed E-state index contributed by atoms with van der Waals surface area (Å²) < 4.78 is 15.0. The van der Waals surface area contributed by atoms with Crippen LogP contribution in [0.1, 0.15) is 29.7 Å². The molecule has 0 spiro atoms. The fraction of sp³-hybridized carbons (Fsp3) is 0.400. The van der Waals surface area contributed by atoms with Gasteiger partial charge in [-0.05, 0) is 50.5 Å². The van der Waals surface area contributed by atoms with Crippen molar-refractivity contribution >= 4 is 0 Å². The summed E-state index contributed by atoms with van der Waals surface area (Å²) in [5.74, 6) is -0.207. The maximum Gasteiger partial charge on any atom is 0.123 e. The van der Waals surface area contributed by atoms with Crippen molar-refractivity contribution in [1.82, 2.24) is 15.1 Å². The molecule has 100 valence electrons. The predicted molar refractivity (Wildman–Crippen MR) is 72.9 cm³/mol. The molecule has 1 aliphatic rings. The van der Waals surface area contributed by atoms with Crippen molar-refractivity contribution in [3.63, 3.8) is 0 Å². The molecular formula is C15H18FN3. The average molecular weight is 259 g/mol. The van der Waals surface area contributed by atoms with Gasteiger partial charge in [0.25, 0.3) is 0 Å². The van der Waals surface area contributed by atoms with Crippen LogP contribution in [0.3, 0.4) is 0 Å². The van der Waals surface area contributed by atoms with Crippen LogP contribution in [0.2, 0.25) is 0 Å². The summed E-state index contributed by atoms with van der Waals surface area (Å²) in [6.07, 6.45) is 4.46. The van der Waals surface area contributed by atoms with Crippen molar-refractivity contribution in [2.24, 2.45) is 0 Å². The van der Waals surface area contributed by atoms with Crippen molar-refractivity contribution in [3.8, 4) is 5.69 Å². The van der Waals surface area contributed by atoms with E-state index in [1.54, 1.807) is 12.1 Å². The lowest BCUT2D eigenvalue weighted by atomic mass is 10.2. The van der Waals surface area contributed by atoms with E-state index in [2.05, 4.69) is 17.3 Å². The Morgan fingerprint density at radius 2 is 2.16 bits per heavy atom. The van der Waals surface area contributed by atoms with E-state index in [1.807, 2.05) is 17.8 Å². The van der Waals surface area contributed by atoms with E-state index in [-0.39, 0.29) is 5.82 Å². The number of hydrogen-bond acceptors (Lipinski definition) is 2. The first-order valence-electron chi connectivity index (χ1n) is 6.68. The number of nitrogens with one attached hydrogen (secondary N) is 1. The largest absolute Gasteiger partial charge is 0.310 e. The summed E-state index contributed by atoms with van der Waals surface area (Å²) >= 11 is 0. The number of benzene rings is 1. The van der Waals surface area contributed by atoms with Gasteiger partial charge in [-0.15, -0.1) is 0 Å². The molecule has 0 saturated heterocycles. The van der Waals surface area contributed by atoms with Crippen LogP contribution in [0.4, 0.5) is 4.39 Å². The van der Waals surface area contributed by atoms with Gasteiger partial charge in [-0.2, -0.15) is 5.10 Å². The second-order valence-electron chi connectivity index (χ2n) is 5.25. The zero-order valence-electron chi connectivity index (χ0n) is 11.3. The van der Waals surface area contributed by atoms with Crippen molar-refractivity contribution in [3.05, 3.63) is 47.0 Å². The van der Waals surface area contributed by atoms with Crippen LogP contribution < -0.4 is 5.32 Å². The number of aromatic nitrogens is 2. The Balaban J connectivity index is 1.87. The minimum Gasteiger partial charge on any atom is -0.310 e. The summed E-state index contributed by atoms with van der Waals surface area (Å²) in [5.41, 5.74) is 4.16. The minimum atomic E-state index is -0.207. The van der Waals surface area contributed by atoms with Crippen LogP contribution in [0.25, 0.3) is 5.69 Å². The summed E-state index contributed by atoms with van der Waals surface area (Å²) in [4.78, 5) is 0. The molecule has 19 heavy (non-hydrogen) atoms. The SMILES string of the molecule is Cc1cc(F)ccc1-n1ncc(CNC2CC2)c1C. The molecule has 0 aliphatic heterocycles. The maximum atomic E-state index is 13.1. The molecule has 0 unspecified atom stereocenters. The number of halogens is 1. The quantitative estimate of drug-likeness (QED) is 0.915. The van der Waals surface area contributed by atoms with Crippen LogP contribution >= 0.6 is 0 Å². The molecule has 0 bridgehead atoms. The van der Waals surface area contributed by atoms with Gasteiger partial charge in [-0.25, -0.2) is 9.07 Å². The molecular weight excluding hydrogens is 241 g/mol. The summed E-state index contributed by atoms with van der Waals surface area (Å²) in [5, 5.41) is 7.92. The van der Waals surface area contributed by atoms with Crippen LogP contribution in [0, 0.1) is 19.7 Å². The van der Waals surface area contributed by atoms with E-state index in [4.69, 9.17) is 0 Å². The number of nitrogens with zero attached hydrogens (tertiary/aromatic N) is 2. The Hall–Kier alpha value is -1.68. The normalized spacial score (nSPS) is 14.9. The Morgan fingerprint density at radius 3 is 2.84 bits per heavy atom. The summed E-state index contributed by atoms with van der Waals surface area (Å²) in [6.45, 7) is 4.82. The lowest BCUT2D eigenvalue weighted by Gasteiger charge is -2.09. The third kappa shape index (κ3) is 2.54. The van der Waals surface area contributed by atoms with Gasteiger partial charge in [-0.1, -0.05) is 0 Å². The lowest BCUT2D eigenvalue weighted by molar-refractivity contribution is 0.625. The van der Waals surface area contributed by atoms with E-state index in [9.17, 15) is 4.39 Å². The highest BCUT2D eigenvalue weighted by Crippen LogP contribution is 2.21. The van der Waals surface area contributed by atoms with Gasteiger partial charge in [0, 0.05) is 23.8 Å². The zero-order chi connectivity index (χ0) is 13.4. The molecule has 0 radical (unpaired) electrons.